The predicted molar refractivity (Wildman–Crippen MR) is 151 cm³/mol. The van der Waals surface area contributed by atoms with Crippen molar-refractivity contribution in [2.45, 2.75) is 38.4 Å². The second-order valence-electron chi connectivity index (χ2n) is 9.05. The molecule has 43 heavy (non-hydrogen) atoms. The molecule has 1 amide bonds. The number of aromatic nitrogens is 1. The number of alkyl halides is 3. The Morgan fingerprint density at radius 2 is 1.67 bits per heavy atom. The molecule has 0 spiro atoms. The van der Waals surface area contributed by atoms with E-state index >= 15 is 0 Å². The maximum Gasteiger partial charge on any atom is 0.490 e. The summed E-state index contributed by atoms with van der Waals surface area (Å²) in [5.41, 5.74) is 1.95. The van der Waals surface area contributed by atoms with E-state index in [1.165, 1.54) is 12.1 Å². The third-order valence-corrected chi connectivity index (χ3v) is 5.83. The number of carbonyl (C=O) groups is 3. The molecule has 0 unspecified atom stereocenters. The van der Waals surface area contributed by atoms with Gasteiger partial charge in [-0.1, -0.05) is 30.2 Å². The summed E-state index contributed by atoms with van der Waals surface area (Å²) in [6.45, 7) is 1.51. The number of benzene rings is 2. The van der Waals surface area contributed by atoms with E-state index in [1.807, 2.05) is 12.1 Å². The van der Waals surface area contributed by atoms with Gasteiger partial charge in [0.2, 0.25) is 0 Å². The number of amides is 1. The van der Waals surface area contributed by atoms with Crippen molar-refractivity contribution in [3.63, 3.8) is 0 Å². The van der Waals surface area contributed by atoms with Gasteiger partial charge in [-0.25, -0.2) is 9.18 Å². The third-order valence-electron chi connectivity index (χ3n) is 5.61. The Labute approximate surface area is 250 Å². The molecule has 232 valence electrons. The molecule has 3 N–H and O–H groups in total. The highest BCUT2D eigenvalue weighted by atomic mass is 35.5. The van der Waals surface area contributed by atoms with Gasteiger partial charge in [0, 0.05) is 54.7 Å². The second-order valence-corrected chi connectivity index (χ2v) is 9.49. The SMILES string of the molecule is O=C(O)C(F)(F)F.O=C(O)CCCCCN(Cc1cccc(F)c1)C(=O)c1cc(Cl)cc(OCCNc2ccncc2)c1. The number of anilines is 1. The fraction of sp³-hybridized carbons (Fsp3) is 0.310. The van der Waals surface area contributed by atoms with Crippen LogP contribution in [0.2, 0.25) is 5.02 Å². The first-order valence-electron chi connectivity index (χ1n) is 13.0. The summed E-state index contributed by atoms with van der Waals surface area (Å²) in [6.07, 6.45) is 0.203. The van der Waals surface area contributed by atoms with Crippen molar-refractivity contribution < 1.29 is 46.9 Å². The van der Waals surface area contributed by atoms with E-state index in [0.717, 1.165) is 5.69 Å². The Balaban J connectivity index is 0.000000821. The molecular formula is C29H30ClF4N3O6. The largest absolute Gasteiger partial charge is 0.492 e. The Hall–Kier alpha value is -4.39. The lowest BCUT2D eigenvalue weighted by molar-refractivity contribution is -0.192. The van der Waals surface area contributed by atoms with Crippen molar-refractivity contribution in [1.82, 2.24) is 9.88 Å². The van der Waals surface area contributed by atoms with E-state index in [-0.39, 0.29) is 24.7 Å². The van der Waals surface area contributed by atoms with Crippen LogP contribution in [0.5, 0.6) is 5.75 Å². The van der Waals surface area contributed by atoms with Crippen molar-refractivity contribution in [2.75, 3.05) is 25.0 Å². The van der Waals surface area contributed by atoms with E-state index < -0.39 is 18.1 Å². The molecule has 0 saturated carbocycles. The highest BCUT2D eigenvalue weighted by Crippen LogP contribution is 2.23. The number of carboxylic acid groups (broad SMARTS) is 2. The fourth-order valence-electron chi connectivity index (χ4n) is 3.65. The summed E-state index contributed by atoms with van der Waals surface area (Å²) in [5.74, 6) is -3.77. The molecular weight excluding hydrogens is 598 g/mol. The van der Waals surface area contributed by atoms with Crippen molar-refractivity contribution in [2.24, 2.45) is 0 Å². The van der Waals surface area contributed by atoms with E-state index in [1.54, 1.807) is 47.6 Å². The molecule has 0 atom stereocenters. The monoisotopic (exact) mass is 627 g/mol. The predicted octanol–water partition coefficient (Wildman–Crippen LogP) is 6.29. The number of aliphatic carboxylic acids is 2. The zero-order valence-electron chi connectivity index (χ0n) is 22.8. The van der Waals surface area contributed by atoms with Crippen LogP contribution in [0, 0.1) is 5.82 Å². The van der Waals surface area contributed by atoms with Gasteiger partial charge in [0.15, 0.2) is 0 Å². The van der Waals surface area contributed by atoms with Crippen LogP contribution < -0.4 is 10.1 Å². The maximum atomic E-state index is 13.7. The van der Waals surface area contributed by atoms with Crippen LogP contribution in [0.4, 0.5) is 23.2 Å². The topological polar surface area (TPSA) is 129 Å². The molecule has 3 rings (SSSR count). The van der Waals surface area contributed by atoms with Gasteiger partial charge >= 0.3 is 18.1 Å². The molecule has 14 heteroatoms. The lowest BCUT2D eigenvalue weighted by Crippen LogP contribution is -2.31. The second kappa shape index (κ2) is 17.5. The number of nitrogens with one attached hydrogen (secondary N) is 1. The number of carbonyl (C=O) groups excluding carboxylic acids is 1. The number of ether oxygens (including phenoxy) is 1. The number of carboxylic acids is 2. The van der Waals surface area contributed by atoms with Gasteiger partial charge in [-0.05, 0) is 60.9 Å². The quantitative estimate of drug-likeness (QED) is 0.141. The molecule has 0 radical (unpaired) electrons. The molecule has 3 aromatic rings. The van der Waals surface area contributed by atoms with E-state index in [9.17, 15) is 27.2 Å². The number of rotatable bonds is 14. The number of nitrogens with zero attached hydrogens (tertiary/aromatic N) is 2. The molecule has 1 heterocycles. The van der Waals surface area contributed by atoms with Gasteiger partial charge in [0.1, 0.15) is 18.2 Å². The van der Waals surface area contributed by atoms with Crippen molar-refractivity contribution in [3.8, 4) is 5.75 Å². The minimum atomic E-state index is -5.08. The first-order valence-corrected chi connectivity index (χ1v) is 13.4. The molecule has 0 aliphatic rings. The zero-order valence-corrected chi connectivity index (χ0v) is 23.6. The first-order chi connectivity index (χ1) is 20.3. The van der Waals surface area contributed by atoms with Gasteiger partial charge in [0.25, 0.3) is 5.91 Å². The van der Waals surface area contributed by atoms with Crippen LogP contribution in [0.3, 0.4) is 0 Å². The van der Waals surface area contributed by atoms with Crippen LogP contribution >= 0.6 is 11.6 Å². The van der Waals surface area contributed by atoms with Crippen molar-refractivity contribution in [1.29, 1.82) is 0 Å². The summed E-state index contributed by atoms with van der Waals surface area (Å²) >= 11 is 6.29. The van der Waals surface area contributed by atoms with Gasteiger partial charge in [-0.3, -0.25) is 14.6 Å². The summed E-state index contributed by atoms with van der Waals surface area (Å²) in [6, 6.07) is 14.7. The highest BCUT2D eigenvalue weighted by molar-refractivity contribution is 6.31. The lowest BCUT2D eigenvalue weighted by atomic mass is 10.1. The summed E-state index contributed by atoms with van der Waals surface area (Å²) in [5, 5.41) is 19.5. The van der Waals surface area contributed by atoms with Crippen LogP contribution in [-0.4, -0.2) is 63.8 Å². The van der Waals surface area contributed by atoms with E-state index in [0.29, 0.717) is 60.9 Å². The number of hydrogen-bond acceptors (Lipinski definition) is 6. The molecule has 2 aromatic carbocycles. The molecule has 0 aliphatic heterocycles. The average molecular weight is 628 g/mol. The Morgan fingerprint density at radius 3 is 2.30 bits per heavy atom. The number of halogens is 5. The Morgan fingerprint density at radius 1 is 0.977 bits per heavy atom. The molecule has 9 nitrogen and oxygen atoms in total. The number of unbranched alkanes of at least 4 members (excludes halogenated alkanes) is 2. The first kappa shape index (κ1) is 34.8. The molecule has 0 bridgehead atoms. The molecule has 1 aromatic heterocycles. The zero-order chi connectivity index (χ0) is 31.8. The molecule has 0 aliphatic carbocycles. The minimum absolute atomic E-state index is 0.0862. The van der Waals surface area contributed by atoms with E-state index in [2.05, 4.69) is 10.3 Å². The van der Waals surface area contributed by atoms with Crippen molar-refractivity contribution in [3.05, 3.63) is 89.0 Å². The number of pyridine rings is 1. The molecule has 0 fully saturated rings. The molecule has 0 saturated heterocycles. The van der Waals surface area contributed by atoms with Crippen LogP contribution in [0.25, 0.3) is 0 Å². The Bertz CT molecular complexity index is 1350. The minimum Gasteiger partial charge on any atom is -0.492 e. The normalized spacial score (nSPS) is 10.7. The summed E-state index contributed by atoms with van der Waals surface area (Å²) < 4.78 is 51.3. The van der Waals surface area contributed by atoms with E-state index in [4.69, 9.17) is 31.3 Å². The summed E-state index contributed by atoms with van der Waals surface area (Å²) in [7, 11) is 0. The van der Waals surface area contributed by atoms with Gasteiger partial charge < -0.3 is 25.2 Å². The van der Waals surface area contributed by atoms with Gasteiger partial charge in [-0.2, -0.15) is 13.2 Å². The third kappa shape index (κ3) is 13.9. The standard InChI is InChI=1S/C27H29ClFN3O4.C2HF3O2/c28-22-16-21(17-25(18-22)36-14-12-31-24-8-10-30-11-9-24)27(35)32(13-3-1-2-7-26(33)34)19-20-5-4-6-23(29)15-20;3-2(4,5)1(6)7/h4-6,8-11,15-18H,1-3,7,12-14,19H2,(H,30,31)(H,33,34);(H,6,7). The highest BCUT2D eigenvalue weighted by Gasteiger charge is 2.38. The Kier molecular flexibility index (Phi) is 14.2. The average Bonchev–Trinajstić information content (AvgIpc) is 2.94. The smallest absolute Gasteiger partial charge is 0.490 e. The van der Waals surface area contributed by atoms with Gasteiger partial charge in [-0.15, -0.1) is 0 Å². The fourth-order valence-corrected chi connectivity index (χ4v) is 3.87. The van der Waals surface area contributed by atoms with Crippen LogP contribution in [-0.2, 0) is 16.1 Å². The number of hydrogen-bond donors (Lipinski definition) is 3. The lowest BCUT2D eigenvalue weighted by Gasteiger charge is -2.23. The maximum absolute atomic E-state index is 13.7. The van der Waals surface area contributed by atoms with Crippen LogP contribution in [0.15, 0.2) is 67.0 Å². The van der Waals surface area contributed by atoms with Crippen LogP contribution in [0.1, 0.15) is 41.6 Å². The summed E-state index contributed by atoms with van der Waals surface area (Å²) in [4.78, 5) is 38.7. The van der Waals surface area contributed by atoms with Crippen molar-refractivity contribution >= 4 is 35.1 Å². The van der Waals surface area contributed by atoms with Gasteiger partial charge in [0.05, 0.1) is 0 Å².